The van der Waals surface area contributed by atoms with E-state index >= 15 is 0 Å². The Hall–Kier alpha value is -1.26. The first-order valence-corrected chi connectivity index (χ1v) is 4.94. The third kappa shape index (κ3) is 3.77. The van der Waals surface area contributed by atoms with Gasteiger partial charge in [-0.15, -0.1) is 0 Å². The van der Waals surface area contributed by atoms with Gasteiger partial charge in [0, 0.05) is 31.7 Å². The summed E-state index contributed by atoms with van der Waals surface area (Å²) in [5.74, 6) is -0.0563. The van der Waals surface area contributed by atoms with E-state index in [1.807, 2.05) is 0 Å². The number of aromatic nitrogens is 1. The molecule has 82 valence electrons. The number of ether oxygens (including phenoxy) is 1. The van der Waals surface area contributed by atoms with Crippen LogP contribution in [0.1, 0.15) is 23.2 Å². The molecular weight excluding hydrogens is 192 g/mol. The normalized spacial score (nSPS) is 12.4. The van der Waals surface area contributed by atoms with Gasteiger partial charge >= 0.3 is 0 Å². The van der Waals surface area contributed by atoms with Crippen LogP contribution in [0.3, 0.4) is 0 Å². The van der Waals surface area contributed by atoms with Crippen LogP contribution in [0.4, 0.5) is 0 Å². The lowest BCUT2D eigenvalue weighted by Gasteiger charge is -2.09. The highest BCUT2D eigenvalue weighted by atomic mass is 16.5. The van der Waals surface area contributed by atoms with E-state index in [2.05, 4.69) is 4.98 Å². The number of nitrogens with zero attached hydrogens (tertiary/aromatic N) is 1. The van der Waals surface area contributed by atoms with Gasteiger partial charge in [-0.05, 0) is 25.0 Å². The minimum atomic E-state index is -0.454. The molecule has 0 fully saturated rings. The lowest BCUT2D eigenvalue weighted by Crippen LogP contribution is -2.30. The molecule has 4 nitrogen and oxygen atoms in total. The highest BCUT2D eigenvalue weighted by Crippen LogP contribution is 2.04. The Kier molecular flexibility index (Phi) is 4.93. The summed E-state index contributed by atoms with van der Waals surface area (Å²) in [5.41, 5.74) is 6.33. The van der Waals surface area contributed by atoms with E-state index in [0.717, 1.165) is 6.42 Å². The number of ketones is 1. The summed E-state index contributed by atoms with van der Waals surface area (Å²) in [6.45, 7) is 0.633. The number of methoxy groups -OCH3 is 1. The van der Waals surface area contributed by atoms with Crippen LogP contribution in [-0.2, 0) is 4.74 Å². The van der Waals surface area contributed by atoms with Crippen molar-refractivity contribution in [3.8, 4) is 0 Å². The second-order valence-electron chi connectivity index (χ2n) is 3.35. The summed E-state index contributed by atoms with van der Waals surface area (Å²) in [6, 6.07) is 3.00. The number of rotatable bonds is 6. The molecular formula is C11H16N2O2. The Morgan fingerprint density at radius 2 is 2.47 bits per heavy atom. The first-order chi connectivity index (χ1) is 7.25. The van der Waals surface area contributed by atoms with Gasteiger partial charge in [-0.1, -0.05) is 0 Å². The van der Waals surface area contributed by atoms with E-state index in [0.29, 0.717) is 18.6 Å². The number of pyridine rings is 1. The predicted molar refractivity (Wildman–Crippen MR) is 57.7 cm³/mol. The van der Waals surface area contributed by atoms with Crippen LogP contribution in [0, 0.1) is 0 Å². The van der Waals surface area contributed by atoms with Gasteiger partial charge in [0.05, 0.1) is 6.04 Å². The molecule has 2 N–H and O–H groups in total. The lowest BCUT2D eigenvalue weighted by molar-refractivity contribution is 0.0950. The molecule has 0 aliphatic rings. The molecule has 0 saturated carbocycles. The van der Waals surface area contributed by atoms with Crippen LogP contribution in [0.15, 0.2) is 24.5 Å². The Morgan fingerprint density at radius 1 is 1.67 bits per heavy atom. The van der Waals surface area contributed by atoms with Crippen LogP contribution >= 0.6 is 0 Å². The molecule has 0 bridgehead atoms. The van der Waals surface area contributed by atoms with Crippen molar-refractivity contribution in [3.63, 3.8) is 0 Å². The molecule has 0 radical (unpaired) electrons. The van der Waals surface area contributed by atoms with Gasteiger partial charge in [-0.2, -0.15) is 0 Å². The molecule has 0 spiro atoms. The Bertz CT molecular complexity index is 301. The molecule has 1 heterocycles. The lowest BCUT2D eigenvalue weighted by atomic mass is 10.0. The van der Waals surface area contributed by atoms with E-state index in [-0.39, 0.29) is 5.78 Å². The zero-order valence-corrected chi connectivity index (χ0v) is 8.85. The maximum absolute atomic E-state index is 11.7. The number of hydrogen-bond acceptors (Lipinski definition) is 4. The Morgan fingerprint density at radius 3 is 3.07 bits per heavy atom. The van der Waals surface area contributed by atoms with Crippen molar-refractivity contribution >= 4 is 5.78 Å². The molecule has 4 heteroatoms. The highest BCUT2D eigenvalue weighted by molar-refractivity contribution is 5.99. The maximum Gasteiger partial charge on any atom is 0.181 e. The average Bonchev–Trinajstić information content (AvgIpc) is 2.29. The van der Waals surface area contributed by atoms with Crippen molar-refractivity contribution in [1.29, 1.82) is 0 Å². The van der Waals surface area contributed by atoms with E-state index in [4.69, 9.17) is 10.5 Å². The average molecular weight is 208 g/mol. The van der Waals surface area contributed by atoms with Gasteiger partial charge in [-0.3, -0.25) is 9.78 Å². The molecule has 1 rings (SSSR count). The van der Waals surface area contributed by atoms with Gasteiger partial charge in [0.15, 0.2) is 5.78 Å². The zero-order valence-electron chi connectivity index (χ0n) is 8.85. The topological polar surface area (TPSA) is 65.2 Å². The first kappa shape index (κ1) is 11.8. The Labute approximate surface area is 89.5 Å². The van der Waals surface area contributed by atoms with Crippen molar-refractivity contribution in [1.82, 2.24) is 4.98 Å². The van der Waals surface area contributed by atoms with Crippen molar-refractivity contribution in [3.05, 3.63) is 30.1 Å². The predicted octanol–water partition coefficient (Wildman–Crippen LogP) is 1.02. The summed E-state index contributed by atoms with van der Waals surface area (Å²) >= 11 is 0. The van der Waals surface area contributed by atoms with Crippen molar-refractivity contribution < 1.29 is 9.53 Å². The minimum Gasteiger partial charge on any atom is -0.385 e. The molecule has 0 aliphatic heterocycles. The Balaban J connectivity index is 2.46. The summed E-state index contributed by atoms with van der Waals surface area (Å²) in [5, 5.41) is 0. The van der Waals surface area contributed by atoms with E-state index < -0.39 is 6.04 Å². The van der Waals surface area contributed by atoms with Crippen LogP contribution in [0.2, 0.25) is 0 Å². The van der Waals surface area contributed by atoms with Gasteiger partial charge in [0.25, 0.3) is 0 Å². The number of nitrogens with two attached hydrogens (primary N) is 1. The first-order valence-electron chi connectivity index (χ1n) is 4.94. The van der Waals surface area contributed by atoms with Crippen molar-refractivity contribution in [2.24, 2.45) is 5.73 Å². The molecule has 1 aromatic heterocycles. The largest absolute Gasteiger partial charge is 0.385 e. The molecule has 1 atom stereocenters. The molecule has 0 aliphatic carbocycles. The smallest absolute Gasteiger partial charge is 0.181 e. The second-order valence-corrected chi connectivity index (χ2v) is 3.35. The van der Waals surface area contributed by atoms with E-state index in [1.165, 1.54) is 0 Å². The SMILES string of the molecule is COCCCC(N)C(=O)c1cccnc1. The minimum absolute atomic E-state index is 0.0563. The van der Waals surface area contributed by atoms with Crippen molar-refractivity contribution in [2.45, 2.75) is 18.9 Å². The fourth-order valence-electron chi connectivity index (χ4n) is 1.30. The summed E-state index contributed by atoms with van der Waals surface area (Å²) in [7, 11) is 1.63. The number of Topliss-reactive ketones (excluding diaryl/α,β-unsaturated/α-hetero) is 1. The monoisotopic (exact) mass is 208 g/mol. The molecule has 1 aromatic rings. The van der Waals surface area contributed by atoms with Crippen LogP contribution in [0.25, 0.3) is 0 Å². The molecule has 15 heavy (non-hydrogen) atoms. The van der Waals surface area contributed by atoms with Gasteiger partial charge < -0.3 is 10.5 Å². The molecule has 1 unspecified atom stereocenters. The molecule has 0 saturated heterocycles. The standard InChI is InChI=1S/C11H16N2O2/c1-15-7-3-5-10(12)11(14)9-4-2-6-13-8-9/h2,4,6,8,10H,3,5,7,12H2,1H3. The van der Waals surface area contributed by atoms with E-state index in [1.54, 1.807) is 31.6 Å². The summed E-state index contributed by atoms with van der Waals surface area (Å²) in [6.07, 6.45) is 4.61. The highest BCUT2D eigenvalue weighted by Gasteiger charge is 2.14. The fourth-order valence-corrected chi connectivity index (χ4v) is 1.30. The van der Waals surface area contributed by atoms with Gasteiger partial charge in [0.2, 0.25) is 0 Å². The van der Waals surface area contributed by atoms with Crippen molar-refractivity contribution in [2.75, 3.05) is 13.7 Å². The van der Waals surface area contributed by atoms with Crippen LogP contribution in [0.5, 0.6) is 0 Å². The van der Waals surface area contributed by atoms with E-state index in [9.17, 15) is 4.79 Å². The third-order valence-corrected chi connectivity index (χ3v) is 2.15. The second kappa shape index (κ2) is 6.27. The maximum atomic E-state index is 11.7. The molecule has 0 aromatic carbocycles. The van der Waals surface area contributed by atoms with Gasteiger partial charge in [-0.25, -0.2) is 0 Å². The van der Waals surface area contributed by atoms with Crippen LogP contribution in [-0.4, -0.2) is 30.5 Å². The van der Waals surface area contributed by atoms with Gasteiger partial charge in [0.1, 0.15) is 0 Å². The molecule has 0 amide bonds. The number of carbonyl (C=O) groups is 1. The summed E-state index contributed by atoms with van der Waals surface area (Å²) < 4.78 is 4.90. The fraction of sp³-hybridized carbons (Fsp3) is 0.455. The quantitative estimate of drug-likeness (QED) is 0.560. The number of hydrogen-bond donors (Lipinski definition) is 1. The van der Waals surface area contributed by atoms with Crippen LogP contribution < -0.4 is 5.73 Å². The summed E-state index contributed by atoms with van der Waals surface area (Å²) in [4.78, 5) is 15.6. The third-order valence-electron chi connectivity index (χ3n) is 2.15. The zero-order chi connectivity index (χ0) is 11.1. The number of carbonyl (C=O) groups excluding carboxylic acids is 1.